The van der Waals surface area contributed by atoms with E-state index in [9.17, 15) is 4.39 Å². The topological polar surface area (TPSA) is 12.0 Å². The van der Waals surface area contributed by atoms with Crippen molar-refractivity contribution in [3.63, 3.8) is 0 Å². The van der Waals surface area contributed by atoms with Gasteiger partial charge in [0.05, 0.1) is 0 Å². The van der Waals surface area contributed by atoms with Crippen LogP contribution in [0.4, 0.5) is 4.39 Å². The molecule has 1 nitrogen and oxygen atoms in total. The summed E-state index contributed by atoms with van der Waals surface area (Å²) in [5.74, 6) is 0.825. The maximum absolute atomic E-state index is 13.6. The van der Waals surface area contributed by atoms with Crippen molar-refractivity contribution in [1.82, 2.24) is 5.32 Å². The Bertz CT molecular complexity index is 378. The molecule has 0 spiro atoms. The van der Waals surface area contributed by atoms with E-state index >= 15 is 0 Å². The number of hydrogen-bond donors (Lipinski definition) is 1. The van der Waals surface area contributed by atoms with Crippen LogP contribution < -0.4 is 5.32 Å². The standard InChI is InChI=1S/C16H26FNS/c1-6-7-18-15(11-19-16(3,4)5)13-8-12(2)9-14(17)10-13/h8-10,15,18H,6-7,11H2,1-5H3. The SMILES string of the molecule is CCCNC(CSC(C)(C)C)c1cc(C)cc(F)c1. The highest BCUT2D eigenvalue weighted by Gasteiger charge is 2.17. The summed E-state index contributed by atoms with van der Waals surface area (Å²) >= 11 is 1.91. The van der Waals surface area contributed by atoms with Crippen LogP contribution in [0, 0.1) is 12.7 Å². The fraction of sp³-hybridized carbons (Fsp3) is 0.625. The van der Waals surface area contributed by atoms with Crippen LogP contribution in [0.2, 0.25) is 0 Å². The molecular formula is C16H26FNS. The molecule has 0 aromatic heterocycles. The summed E-state index contributed by atoms with van der Waals surface area (Å²) in [7, 11) is 0. The van der Waals surface area contributed by atoms with E-state index in [-0.39, 0.29) is 16.6 Å². The van der Waals surface area contributed by atoms with Gasteiger partial charge in [-0.25, -0.2) is 4.39 Å². The minimum absolute atomic E-state index is 0.140. The average Bonchev–Trinajstić information content (AvgIpc) is 2.26. The third-order valence-corrected chi connectivity index (χ3v) is 4.16. The summed E-state index contributed by atoms with van der Waals surface area (Å²) in [5.41, 5.74) is 2.04. The Labute approximate surface area is 121 Å². The van der Waals surface area contributed by atoms with Crippen molar-refractivity contribution >= 4 is 11.8 Å². The molecule has 1 rings (SSSR count). The van der Waals surface area contributed by atoms with Gasteiger partial charge in [-0.1, -0.05) is 33.8 Å². The second-order valence-electron chi connectivity index (χ2n) is 5.99. The molecular weight excluding hydrogens is 257 g/mol. The fourth-order valence-electron chi connectivity index (χ4n) is 1.89. The zero-order valence-corrected chi connectivity index (χ0v) is 13.5. The summed E-state index contributed by atoms with van der Waals surface area (Å²) in [6.07, 6.45) is 1.09. The summed E-state index contributed by atoms with van der Waals surface area (Å²) in [5, 5.41) is 3.53. The van der Waals surface area contributed by atoms with Crippen molar-refractivity contribution < 1.29 is 4.39 Å². The highest BCUT2D eigenvalue weighted by molar-refractivity contribution is 8.00. The van der Waals surface area contributed by atoms with Gasteiger partial charge >= 0.3 is 0 Å². The molecule has 0 aliphatic rings. The largest absolute Gasteiger partial charge is 0.309 e. The third-order valence-electron chi connectivity index (χ3n) is 2.79. The third kappa shape index (κ3) is 6.44. The highest BCUT2D eigenvalue weighted by atomic mass is 32.2. The van der Waals surface area contributed by atoms with E-state index in [0.717, 1.165) is 29.8 Å². The molecule has 0 radical (unpaired) electrons. The van der Waals surface area contributed by atoms with Gasteiger partial charge in [0.15, 0.2) is 0 Å². The minimum Gasteiger partial charge on any atom is -0.309 e. The zero-order chi connectivity index (χ0) is 14.5. The second-order valence-corrected chi connectivity index (χ2v) is 7.84. The first-order valence-electron chi connectivity index (χ1n) is 6.96. The van der Waals surface area contributed by atoms with Gasteiger partial charge in [-0.05, 0) is 43.1 Å². The molecule has 3 heteroatoms. The van der Waals surface area contributed by atoms with Crippen molar-refractivity contribution in [2.75, 3.05) is 12.3 Å². The van der Waals surface area contributed by atoms with Gasteiger partial charge in [0.2, 0.25) is 0 Å². The van der Waals surface area contributed by atoms with E-state index in [1.165, 1.54) is 0 Å². The molecule has 1 unspecified atom stereocenters. The average molecular weight is 283 g/mol. The Morgan fingerprint density at radius 2 is 1.95 bits per heavy atom. The predicted molar refractivity (Wildman–Crippen MR) is 84.4 cm³/mol. The van der Waals surface area contributed by atoms with Crippen LogP contribution in [0.5, 0.6) is 0 Å². The molecule has 0 saturated heterocycles. The quantitative estimate of drug-likeness (QED) is 0.811. The van der Waals surface area contributed by atoms with Gasteiger partial charge < -0.3 is 5.32 Å². The molecule has 1 aromatic carbocycles. The molecule has 1 N–H and O–H groups in total. The summed E-state index contributed by atoms with van der Waals surface area (Å²) in [6, 6.07) is 5.54. The number of aryl methyl sites for hydroxylation is 1. The Balaban J connectivity index is 2.82. The van der Waals surface area contributed by atoms with E-state index in [0.29, 0.717) is 0 Å². The van der Waals surface area contributed by atoms with Crippen LogP contribution in [0.15, 0.2) is 18.2 Å². The first-order valence-corrected chi connectivity index (χ1v) is 7.95. The lowest BCUT2D eigenvalue weighted by Gasteiger charge is -2.24. The Morgan fingerprint density at radius 1 is 1.26 bits per heavy atom. The van der Waals surface area contributed by atoms with E-state index in [1.807, 2.05) is 18.7 Å². The summed E-state index contributed by atoms with van der Waals surface area (Å²) in [6.45, 7) is 11.7. The zero-order valence-electron chi connectivity index (χ0n) is 12.7. The lowest BCUT2D eigenvalue weighted by atomic mass is 10.1. The van der Waals surface area contributed by atoms with Crippen LogP contribution in [-0.4, -0.2) is 17.0 Å². The molecule has 1 aromatic rings. The minimum atomic E-state index is -0.140. The van der Waals surface area contributed by atoms with Gasteiger partial charge in [0, 0.05) is 16.5 Å². The molecule has 0 aliphatic heterocycles. The van der Waals surface area contributed by atoms with Crippen LogP contribution in [0.1, 0.15) is 51.3 Å². The maximum Gasteiger partial charge on any atom is 0.123 e. The number of thioether (sulfide) groups is 1. The monoisotopic (exact) mass is 283 g/mol. The fourth-order valence-corrected chi connectivity index (χ4v) is 2.87. The van der Waals surface area contributed by atoms with Gasteiger partial charge in [0.25, 0.3) is 0 Å². The number of nitrogens with one attached hydrogen (secondary N) is 1. The number of benzene rings is 1. The van der Waals surface area contributed by atoms with Crippen molar-refractivity contribution in [2.45, 2.75) is 51.8 Å². The van der Waals surface area contributed by atoms with Gasteiger partial charge in [-0.15, -0.1) is 0 Å². The molecule has 19 heavy (non-hydrogen) atoms. The van der Waals surface area contributed by atoms with E-state index in [4.69, 9.17) is 0 Å². The number of halogens is 1. The smallest absolute Gasteiger partial charge is 0.123 e. The summed E-state index contributed by atoms with van der Waals surface area (Å²) < 4.78 is 13.8. The molecule has 0 heterocycles. The van der Waals surface area contributed by atoms with Crippen LogP contribution in [-0.2, 0) is 0 Å². The van der Waals surface area contributed by atoms with E-state index in [2.05, 4.69) is 39.1 Å². The Hall–Kier alpha value is -0.540. The van der Waals surface area contributed by atoms with Crippen molar-refractivity contribution in [3.05, 3.63) is 35.1 Å². The molecule has 1 atom stereocenters. The van der Waals surface area contributed by atoms with Crippen LogP contribution >= 0.6 is 11.8 Å². The Kier molecular flexibility index (Phi) is 6.34. The molecule has 0 amide bonds. The maximum atomic E-state index is 13.6. The first kappa shape index (κ1) is 16.5. The van der Waals surface area contributed by atoms with E-state index < -0.39 is 0 Å². The van der Waals surface area contributed by atoms with Crippen LogP contribution in [0.25, 0.3) is 0 Å². The van der Waals surface area contributed by atoms with Gasteiger partial charge in [-0.2, -0.15) is 11.8 Å². The molecule has 0 fully saturated rings. The molecule has 108 valence electrons. The summed E-state index contributed by atoms with van der Waals surface area (Å²) in [4.78, 5) is 0. The normalized spacial score (nSPS) is 13.6. The van der Waals surface area contributed by atoms with Crippen molar-refractivity contribution in [1.29, 1.82) is 0 Å². The Morgan fingerprint density at radius 3 is 2.47 bits per heavy atom. The van der Waals surface area contributed by atoms with Gasteiger partial charge in [0.1, 0.15) is 5.82 Å². The first-order chi connectivity index (χ1) is 8.81. The lowest BCUT2D eigenvalue weighted by Crippen LogP contribution is -2.26. The van der Waals surface area contributed by atoms with Gasteiger partial charge in [-0.3, -0.25) is 0 Å². The van der Waals surface area contributed by atoms with E-state index in [1.54, 1.807) is 12.1 Å². The molecule has 0 aliphatic carbocycles. The molecule has 0 bridgehead atoms. The van der Waals surface area contributed by atoms with Crippen molar-refractivity contribution in [2.24, 2.45) is 0 Å². The predicted octanol–water partition coefficient (Wildman–Crippen LogP) is 4.71. The molecule has 0 saturated carbocycles. The number of rotatable bonds is 6. The highest BCUT2D eigenvalue weighted by Crippen LogP contribution is 2.29. The number of hydrogen-bond acceptors (Lipinski definition) is 2. The second kappa shape index (κ2) is 7.30. The van der Waals surface area contributed by atoms with Crippen molar-refractivity contribution in [3.8, 4) is 0 Å². The van der Waals surface area contributed by atoms with Crippen LogP contribution in [0.3, 0.4) is 0 Å². The lowest BCUT2D eigenvalue weighted by molar-refractivity contribution is 0.565.